The summed E-state index contributed by atoms with van der Waals surface area (Å²) >= 11 is 0. The molecule has 17 heavy (non-hydrogen) atoms. The fraction of sp³-hybridized carbons (Fsp3) is 0.333. The largest absolute Gasteiger partial charge is 0.463 e. The van der Waals surface area contributed by atoms with Crippen LogP contribution in [0, 0.1) is 0 Å². The van der Waals surface area contributed by atoms with Crippen LogP contribution in [0.1, 0.15) is 17.3 Å². The van der Waals surface area contributed by atoms with E-state index in [0.29, 0.717) is 0 Å². The molecule has 94 valence electrons. The van der Waals surface area contributed by atoms with E-state index in [1.54, 1.807) is 12.1 Å². The number of esters is 1. The quantitative estimate of drug-likeness (QED) is 0.588. The van der Waals surface area contributed by atoms with Crippen LogP contribution in [0.25, 0.3) is 0 Å². The highest BCUT2D eigenvalue weighted by atomic mass is 16.5. The molecule has 0 radical (unpaired) electrons. The van der Waals surface area contributed by atoms with Crippen LogP contribution in [0.2, 0.25) is 0 Å². The number of carbonyl (C=O) groups excluding carboxylic acids is 2. The molecule has 1 unspecified atom stereocenters. The third-order valence-electron chi connectivity index (χ3n) is 1.63. The molecule has 0 aliphatic heterocycles. The van der Waals surface area contributed by atoms with Gasteiger partial charge < -0.3 is 14.9 Å². The Morgan fingerprint density at radius 3 is 2.35 bits per heavy atom. The molecule has 1 aromatic rings. The number of hydrogen-bond acceptors (Lipinski definition) is 5. The highest BCUT2D eigenvalue weighted by molar-refractivity contribution is 5.74. The fourth-order valence-electron chi connectivity index (χ4n) is 0.798. The van der Waals surface area contributed by atoms with E-state index in [1.807, 2.05) is 18.2 Å². The summed E-state index contributed by atoms with van der Waals surface area (Å²) in [4.78, 5) is 20.1. The Labute approximate surface area is 99.7 Å². The van der Waals surface area contributed by atoms with Crippen LogP contribution in [-0.2, 0) is 9.53 Å². The summed E-state index contributed by atoms with van der Waals surface area (Å²) in [5.41, 5.74) is 0.729. The van der Waals surface area contributed by atoms with Gasteiger partial charge in [0.05, 0.1) is 6.61 Å². The third kappa shape index (κ3) is 9.22. The second kappa shape index (κ2) is 9.50. The molecule has 1 atom stereocenters. The van der Waals surface area contributed by atoms with Crippen molar-refractivity contribution in [3.63, 3.8) is 0 Å². The van der Waals surface area contributed by atoms with E-state index >= 15 is 0 Å². The van der Waals surface area contributed by atoms with Gasteiger partial charge in [-0.15, -0.1) is 0 Å². The Bertz CT molecular complexity index is 323. The highest BCUT2D eigenvalue weighted by Gasteiger charge is 2.02. The van der Waals surface area contributed by atoms with Gasteiger partial charge in [-0.05, 0) is 0 Å². The Morgan fingerprint density at radius 2 is 2.00 bits per heavy atom. The molecule has 0 heterocycles. The van der Waals surface area contributed by atoms with Crippen molar-refractivity contribution in [3.8, 4) is 0 Å². The zero-order valence-corrected chi connectivity index (χ0v) is 9.57. The lowest BCUT2D eigenvalue weighted by molar-refractivity contribution is -0.144. The molecule has 0 fully saturated rings. The average Bonchev–Trinajstić information content (AvgIpc) is 2.37. The maximum Gasteiger partial charge on any atom is 0.302 e. The van der Waals surface area contributed by atoms with Crippen molar-refractivity contribution in [2.75, 3.05) is 13.2 Å². The van der Waals surface area contributed by atoms with Crippen molar-refractivity contribution in [3.05, 3.63) is 35.9 Å². The normalized spacial score (nSPS) is 10.8. The van der Waals surface area contributed by atoms with Gasteiger partial charge >= 0.3 is 5.97 Å². The summed E-state index contributed by atoms with van der Waals surface area (Å²) < 4.78 is 4.35. The second-order valence-electron chi connectivity index (χ2n) is 3.17. The predicted octanol–water partition coefficient (Wildman–Crippen LogP) is 0.402. The topological polar surface area (TPSA) is 83.8 Å². The van der Waals surface area contributed by atoms with Gasteiger partial charge in [0.25, 0.3) is 0 Å². The van der Waals surface area contributed by atoms with Gasteiger partial charge in [0.2, 0.25) is 0 Å². The second-order valence-corrected chi connectivity index (χ2v) is 3.17. The van der Waals surface area contributed by atoms with Crippen molar-refractivity contribution in [2.45, 2.75) is 13.0 Å². The minimum absolute atomic E-state index is 0.133. The molecule has 0 spiro atoms. The molecule has 1 aromatic carbocycles. The Kier molecular flexibility index (Phi) is 8.54. The molecular formula is C12H16O5. The molecular weight excluding hydrogens is 224 g/mol. The molecule has 0 aromatic heterocycles. The average molecular weight is 240 g/mol. The zero-order chi connectivity index (χ0) is 13.1. The summed E-state index contributed by atoms with van der Waals surface area (Å²) in [6.45, 7) is 0.725. The first-order chi connectivity index (χ1) is 8.10. The van der Waals surface area contributed by atoms with Gasteiger partial charge in [-0.25, -0.2) is 0 Å². The van der Waals surface area contributed by atoms with E-state index in [9.17, 15) is 9.59 Å². The summed E-state index contributed by atoms with van der Waals surface area (Å²) in [7, 11) is 0. The summed E-state index contributed by atoms with van der Waals surface area (Å²) in [5, 5.41) is 16.8. The molecule has 0 saturated carbocycles. The Morgan fingerprint density at radius 1 is 1.41 bits per heavy atom. The molecule has 0 amide bonds. The molecule has 1 rings (SSSR count). The summed E-state index contributed by atoms with van der Waals surface area (Å²) in [6.07, 6.45) is -0.117. The third-order valence-corrected chi connectivity index (χ3v) is 1.63. The van der Waals surface area contributed by atoms with Gasteiger partial charge in [-0.3, -0.25) is 9.59 Å². The monoisotopic (exact) mass is 240 g/mol. The van der Waals surface area contributed by atoms with E-state index in [1.165, 1.54) is 6.92 Å². The number of aliphatic hydroxyl groups is 2. The fourth-order valence-corrected chi connectivity index (χ4v) is 0.798. The van der Waals surface area contributed by atoms with E-state index < -0.39 is 12.1 Å². The first kappa shape index (κ1) is 15.3. The minimum Gasteiger partial charge on any atom is -0.463 e. The van der Waals surface area contributed by atoms with Crippen molar-refractivity contribution in [2.24, 2.45) is 0 Å². The smallest absolute Gasteiger partial charge is 0.302 e. The van der Waals surface area contributed by atoms with Gasteiger partial charge in [0.15, 0.2) is 0 Å². The van der Waals surface area contributed by atoms with E-state index in [4.69, 9.17) is 10.2 Å². The highest BCUT2D eigenvalue weighted by Crippen LogP contribution is 1.91. The maximum atomic E-state index is 10.0. The first-order valence-electron chi connectivity index (χ1n) is 5.02. The lowest BCUT2D eigenvalue weighted by atomic mass is 10.2. The van der Waals surface area contributed by atoms with Crippen molar-refractivity contribution < 1.29 is 24.5 Å². The van der Waals surface area contributed by atoms with Gasteiger partial charge in [0, 0.05) is 12.5 Å². The standard InChI is InChI=1S/C7H6O.C5H10O4/c8-6-7-4-2-1-3-5-7;1-4(7)9-3-5(8)2-6/h1-6H;5-6,8H,2-3H2,1H3. The molecule has 5 nitrogen and oxygen atoms in total. The van der Waals surface area contributed by atoms with Crippen LogP contribution >= 0.6 is 0 Å². The summed E-state index contributed by atoms with van der Waals surface area (Å²) in [5.74, 6) is -0.456. The van der Waals surface area contributed by atoms with E-state index in [2.05, 4.69) is 4.74 Å². The number of aliphatic hydroxyl groups excluding tert-OH is 2. The van der Waals surface area contributed by atoms with Crippen LogP contribution in [0.3, 0.4) is 0 Å². The first-order valence-corrected chi connectivity index (χ1v) is 5.02. The lowest BCUT2D eigenvalue weighted by Gasteiger charge is -2.05. The number of rotatable bonds is 4. The number of hydrogen-bond donors (Lipinski definition) is 2. The Hall–Kier alpha value is -1.72. The zero-order valence-electron chi connectivity index (χ0n) is 9.57. The van der Waals surface area contributed by atoms with Crippen LogP contribution in [0.5, 0.6) is 0 Å². The van der Waals surface area contributed by atoms with Crippen molar-refractivity contribution >= 4 is 12.3 Å². The van der Waals surface area contributed by atoms with E-state index in [-0.39, 0.29) is 13.2 Å². The molecule has 0 saturated heterocycles. The van der Waals surface area contributed by atoms with Crippen LogP contribution in [0.4, 0.5) is 0 Å². The molecule has 5 heteroatoms. The number of ether oxygens (including phenoxy) is 1. The molecule has 0 aliphatic rings. The predicted molar refractivity (Wildman–Crippen MR) is 61.6 cm³/mol. The van der Waals surface area contributed by atoms with Gasteiger partial charge in [-0.2, -0.15) is 0 Å². The number of carbonyl (C=O) groups is 2. The van der Waals surface area contributed by atoms with Gasteiger partial charge in [-0.1, -0.05) is 30.3 Å². The summed E-state index contributed by atoms with van der Waals surface area (Å²) in [6, 6.07) is 9.10. The van der Waals surface area contributed by atoms with Crippen LogP contribution < -0.4 is 0 Å². The van der Waals surface area contributed by atoms with Crippen molar-refractivity contribution in [1.29, 1.82) is 0 Å². The number of benzene rings is 1. The molecule has 2 N–H and O–H groups in total. The molecule has 0 aliphatic carbocycles. The molecule has 0 bridgehead atoms. The number of aldehydes is 1. The van der Waals surface area contributed by atoms with Crippen LogP contribution in [0.15, 0.2) is 30.3 Å². The SMILES string of the molecule is CC(=O)OCC(O)CO.O=Cc1ccccc1. The van der Waals surface area contributed by atoms with Crippen molar-refractivity contribution in [1.82, 2.24) is 0 Å². The Balaban J connectivity index is 0.000000302. The van der Waals surface area contributed by atoms with E-state index in [0.717, 1.165) is 11.8 Å². The minimum atomic E-state index is -0.950. The van der Waals surface area contributed by atoms with Crippen LogP contribution in [-0.4, -0.2) is 41.8 Å². The van der Waals surface area contributed by atoms with Gasteiger partial charge in [0.1, 0.15) is 19.0 Å². The lowest BCUT2D eigenvalue weighted by Crippen LogP contribution is -2.20. The maximum absolute atomic E-state index is 10.0.